The van der Waals surface area contributed by atoms with Crippen LogP contribution in [0.25, 0.3) is 0 Å². The molecule has 0 saturated heterocycles. The lowest BCUT2D eigenvalue weighted by Crippen LogP contribution is -2.31. The Morgan fingerprint density at radius 3 is 1.13 bits per heavy atom. The molecule has 0 saturated carbocycles. The predicted octanol–water partition coefficient (Wildman–Crippen LogP) is 21.8. The van der Waals surface area contributed by atoms with E-state index in [0.717, 1.165) is 97.6 Å². The molecule has 1 aromatic heterocycles. The number of para-hydroxylation sites is 1. The SMILES string of the molecule is CN(C)CCOC(C)(c1ccccc1)c1ccc(Br)cc1.CN(C)CCOC(C)(c1ccccc1)c1ccccc1.CN(C)CCOC(c1ccc(Cl)cc1)c1ccccn1.CN(C)CCOc1ccccc1Cc1ccccc1.Cc1ccc(C(OCCN(C)C)c2ccccc2)cc1.Cc1ccccc1C(OCCN(C)C)c1ccccc1. The number of rotatable bonds is 36. The lowest BCUT2D eigenvalue weighted by atomic mass is 9.88. The highest BCUT2D eigenvalue weighted by Gasteiger charge is 2.31. The number of aryl methyl sites for hydroxylation is 2. The molecule has 0 aliphatic carbocycles. The van der Waals surface area contributed by atoms with Gasteiger partial charge in [0.1, 0.15) is 41.9 Å². The van der Waals surface area contributed by atoms with Gasteiger partial charge in [-0.3, -0.25) is 4.98 Å². The maximum absolute atomic E-state index is 6.30. The third kappa shape index (κ3) is 35.4. The van der Waals surface area contributed by atoms with Crippen LogP contribution < -0.4 is 4.74 Å². The van der Waals surface area contributed by atoms with Crippen molar-refractivity contribution in [3.63, 3.8) is 0 Å². The van der Waals surface area contributed by atoms with Gasteiger partial charge in [-0.1, -0.05) is 312 Å². The van der Waals surface area contributed by atoms with Crippen molar-refractivity contribution in [2.45, 2.75) is 63.6 Å². The number of hydrogen-bond acceptors (Lipinski definition) is 13. The van der Waals surface area contributed by atoms with Crippen molar-refractivity contribution in [2.75, 3.05) is 163 Å². The van der Waals surface area contributed by atoms with Gasteiger partial charge in [-0.15, -0.1) is 0 Å². The molecule has 0 radical (unpaired) electrons. The van der Waals surface area contributed by atoms with E-state index in [1.165, 1.54) is 61.2 Å². The second-order valence-electron chi connectivity index (χ2n) is 31.5. The second kappa shape index (κ2) is 54.2. The van der Waals surface area contributed by atoms with E-state index >= 15 is 0 Å². The molecule has 13 nitrogen and oxygen atoms in total. The first-order valence-electron chi connectivity index (χ1n) is 41.5. The molecule has 12 rings (SSSR count). The zero-order valence-corrected chi connectivity index (χ0v) is 76.3. The number of likely N-dealkylation sites (N-methyl/N-ethyl adjacent to an activating group) is 6. The van der Waals surface area contributed by atoms with Gasteiger partial charge in [0.05, 0.1) is 38.7 Å². The molecular weight excluding hydrogens is 1570 g/mol. The van der Waals surface area contributed by atoms with E-state index in [4.69, 9.17) is 40.0 Å². The molecule has 12 aromatic rings. The summed E-state index contributed by atoms with van der Waals surface area (Å²) < 4.78 is 37.8. The molecule has 0 aliphatic rings. The summed E-state index contributed by atoms with van der Waals surface area (Å²) in [6.07, 6.45) is 2.56. The molecule has 636 valence electrons. The van der Waals surface area contributed by atoms with E-state index in [2.05, 4.69) is 379 Å². The maximum Gasteiger partial charge on any atom is 0.124 e. The summed E-state index contributed by atoms with van der Waals surface area (Å²) in [7, 11) is 24.7. The van der Waals surface area contributed by atoms with Crippen LogP contribution in [0.4, 0.5) is 0 Å². The quantitative estimate of drug-likeness (QED) is 0.0374. The van der Waals surface area contributed by atoms with Gasteiger partial charge in [0.15, 0.2) is 0 Å². The fourth-order valence-corrected chi connectivity index (χ4v) is 13.1. The largest absolute Gasteiger partial charge is 0.492 e. The van der Waals surface area contributed by atoms with Gasteiger partial charge < -0.3 is 57.8 Å². The Hall–Kier alpha value is -9.30. The molecule has 0 spiro atoms. The van der Waals surface area contributed by atoms with E-state index in [0.29, 0.717) is 19.8 Å². The van der Waals surface area contributed by atoms with Gasteiger partial charge in [-0.2, -0.15) is 0 Å². The van der Waals surface area contributed by atoms with Crippen LogP contribution in [-0.2, 0) is 41.3 Å². The Bertz CT molecular complexity index is 4500. The van der Waals surface area contributed by atoms with Crippen LogP contribution in [0.2, 0.25) is 5.02 Å². The van der Waals surface area contributed by atoms with E-state index in [9.17, 15) is 0 Å². The zero-order valence-electron chi connectivity index (χ0n) is 73.9. The highest BCUT2D eigenvalue weighted by molar-refractivity contribution is 9.10. The first-order valence-corrected chi connectivity index (χ1v) is 42.7. The van der Waals surface area contributed by atoms with Gasteiger partial charge in [-0.05, 0) is 221 Å². The van der Waals surface area contributed by atoms with Crippen LogP contribution in [0.5, 0.6) is 5.75 Å². The summed E-state index contributed by atoms with van der Waals surface area (Å²) in [5, 5.41) is 0.724. The molecule has 15 heteroatoms. The maximum atomic E-state index is 6.30. The number of benzene rings is 11. The van der Waals surface area contributed by atoms with Gasteiger partial charge in [-0.25, -0.2) is 0 Å². The number of ether oxygens (including phenoxy) is 6. The summed E-state index contributed by atoms with van der Waals surface area (Å²) in [5.74, 6) is 0.994. The Kier molecular flexibility index (Phi) is 44.1. The molecule has 120 heavy (non-hydrogen) atoms. The second-order valence-corrected chi connectivity index (χ2v) is 32.8. The first kappa shape index (κ1) is 97.8. The molecule has 0 aliphatic heterocycles. The normalized spacial score (nSPS) is 12.4. The van der Waals surface area contributed by atoms with Gasteiger partial charge in [0.2, 0.25) is 0 Å². The van der Waals surface area contributed by atoms with Crippen molar-refractivity contribution in [1.29, 1.82) is 0 Å². The van der Waals surface area contributed by atoms with Gasteiger partial charge in [0.25, 0.3) is 0 Å². The average Bonchev–Trinajstić information content (AvgIpc) is 0.800. The van der Waals surface area contributed by atoms with Crippen LogP contribution >= 0.6 is 27.5 Å². The molecule has 1 heterocycles. The standard InChI is InChI=1S/C18H22BrNO.3C18H23NO.C17H21NO.C16H19ClN2O/c1-18(21-14-13-20(2)3,15-7-5-4-6-8-15)16-9-11-17(19)12-10-16;1-18(20-15-14-19(2)3,16-10-6-4-7-11-16)17-12-8-5-9-13-17;1-15-9-7-8-12-17(15)18(20-14-13-19(2)3)16-10-5-4-6-11-16;1-15-9-11-17(12-10-15)18(20-14-13-19(2)3)16-7-5-4-6-8-16;1-18(2)12-13-19-17-11-7-6-10-16(17)14-15-8-4-3-5-9-15;1-19(2)11-12-20-16(15-5-3-4-10-18-15)13-6-8-14(17)9-7-13/h4-12H,13-14H2,1-3H3;4-13H,14-15H2,1-3H3;2*4-12,18H,13-14H2,1-3H3;3-11H,12-14H2,1-2H3;3-10,16H,11-12H2,1-2H3. The summed E-state index contributed by atoms with van der Waals surface area (Å²) >= 11 is 9.44. The molecule has 0 fully saturated rings. The molecule has 4 atom stereocenters. The third-order valence-corrected chi connectivity index (χ3v) is 20.7. The number of hydrogen-bond donors (Lipinski definition) is 0. The Labute approximate surface area is 733 Å². The average molecular weight is 1700 g/mol. The summed E-state index contributed by atoms with van der Waals surface area (Å²) in [4.78, 5) is 17.2. The van der Waals surface area contributed by atoms with Crippen molar-refractivity contribution >= 4 is 27.5 Å². The van der Waals surface area contributed by atoms with Crippen LogP contribution in [0.3, 0.4) is 0 Å². The minimum absolute atomic E-state index is 0.0109. The van der Waals surface area contributed by atoms with E-state index in [1.54, 1.807) is 6.20 Å². The first-order chi connectivity index (χ1) is 57.9. The fraction of sp³-hybridized carbons (Fsp3) is 0.324. The van der Waals surface area contributed by atoms with E-state index in [1.807, 2.05) is 105 Å². The molecule has 11 aromatic carbocycles. The van der Waals surface area contributed by atoms with Gasteiger partial charge in [0, 0.05) is 61.4 Å². The highest BCUT2D eigenvalue weighted by atomic mass is 79.9. The van der Waals surface area contributed by atoms with Crippen molar-refractivity contribution in [1.82, 2.24) is 34.4 Å². The number of aromatic nitrogens is 1. The summed E-state index contributed by atoms with van der Waals surface area (Å²) in [6.45, 7) is 18.2. The smallest absolute Gasteiger partial charge is 0.124 e. The fourth-order valence-electron chi connectivity index (χ4n) is 12.7. The number of pyridine rings is 1. The number of nitrogens with zero attached hydrogens (tertiary/aromatic N) is 7. The number of halogens is 2. The van der Waals surface area contributed by atoms with Crippen molar-refractivity contribution < 1.29 is 28.4 Å². The van der Waals surface area contributed by atoms with Crippen molar-refractivity contribution in [2.24, 2.45) is 0 Å². The molecule has 0 bridgehead atoms. The Balaban J connectivity index is 0.000000198. The minimum atomic E-state index is -0.433. The van der Waals surface area contributed by atoms with Crippen LogP contribution in [0.1, 0.15) is 110 Å². The van der Waals surface area contributed by atoms with E-state index in [-0.39, 0.29) is 18.3 Å². The van der Waals surface area contributed by atoms with Gasteiger partial charge >= 0.3 is 0 Å². The Morgan fingerprint density at radius 1 is 0.333 bits per heavy atom. The van der Waals surface area contributed by atoms with Crippen LogP contribution in [0, 0.1) is 13.8 Å². The lowest BCUT2D eigenvalue weighted by Gasteiger charge is -2.32. The van der Waals surface area contributed by atoms with E-state index < -0.39 is 11.2 Å². The topological polar surface area (TPSA) is 87.7 Å². The van der Waals surface area contributed by atoms with Crippen molar-refractivity contribution in [3.8, 4) is 5.75 Å². The molecular formula is C105H131BrClN7O6. The van der Waals surface area contributed by atoms with Crippen molar-refractivity contribution in [3.05, 3.63) is 415 Å². The molecule has 0 N–H and O–H groups in total. The molecule has 4 unspecified atom stereocenters. The highest BCUT2D eigenvalue weighted by Crippen LogP contribution is 2.36. The third-order valence-electron chi connectivity index (χ3n) is 19.9. The lowest BCUT2D eigenvalue weighted by molar-refractivity contribution is -0.0103. The van der Waals surface area contributed by atoms with Crippen LogP contribution in [0.15, 0.2) is 332 Å². The predicted molar refractivity (Wildman–Crippen MR) is 505 cm³/mol. The summed E-state index contributed by atoms with van der Waals surface area (Å²) in [6, 6.07) is 110. The minimum Gasteiger partial charge on any atom is -0.492 e. The Morgan fingerprint density at radius 2 is 0.683 bits per heavy atom. The molecule has 0 amide bonds. The zero-order chi connectivity index (χ0) is 86.3. The summed E-state index contributed by atoms with van der Waals surface area (Å²) in [5.41, 5.74) is 15.8. The van der Waals surface area contributed by atoms with Crippen LogP contribution in [-0.4, -0.2) is 198 Å². The monoisotopic (exact) mass is 1700 g/mol.